The van der Waals surface area contributed by atoms with E-state index in [0.29, 0.717) is 15.8 Å². The van der Waals surface area contributed by atoms with Crippen LogP contribution in [-0.2, 0) is 9.31 Å². The van der Waals surface area contributed by atoms with Crippen molar-refractivity contribution < 1.29 is 14.0 Å². The average molecular weight is 505 g/mol. The first-order valence-corrected chi connectivity index (χ1v) is 12.4. The molecule has 1 fully saturated rings. The van der Waals surface area contributed by atoms with Crippen LogP contribution in [-0.4, -0.2) is 18.3 Å². The van der Waals surface area contributed by atoms with Gasteiger partial charge in [0.25, 0.3) is 0 Å². The third kappa shape index (κ3) is 4.81. The van der Waals surface area contributed by atoms with Gasteiger partial charge in [-0.15, -0.1) is 0 Å². The maximum Gasteiger partial charge on any atom is 0.494 e. The molecule has 0 saturated carbocycles. The number of rotatable bonds is 4. The van der Waals surface area contributed by atoms with Crippen LogP contribution in [0.4, 0.5) is 0 Å². The molecule has 0 radical (unpaired) electrons. The van der Waals surface area contributed by atoms with Crippen LogP contribution >= 0.6 is 23.2 Å². The minimum Gasteiger partial charge on any atom is -0.479 e. The second kappa shape index (κ2) is 9.18. The zero-order valence-electron chi connectivity index (χ0n) is 20.2. The SMILES string of the molecule is CC1(C)OB(c2ccc(/C=C/C3=Cc4cc(Cl)cc(Cl)c4OC3c3ccccc3)cc2)OC1(C)C. The van der Waals surface area contributed by atoms with E-state index in [-0.39, 0.29) is 24.4 Å². The van der Waals surface area contributed by atoms with Gasteiger partial charge in [0.15, 0.2) is 0 Å². The predicted octanol–water partition coefficient (Wildman–Crippen LogP) is 7.52. The fourth-order valence-electron chi connectivity index (χ4n) is 4.21. The first-order valence-electron chi connectivity index (χ1n) is 11.7. The minimum atomic E-state index is -0.374. The van der Waals surface area contributed by atoms with Gasteiger partial charge < -0.3 is 14.0 Å². The molecule has 0 N–H and O–H groups in total. The van der Waals surface area contributed by atoms with Crippen molar-refractivity contribution in [2.45, 2.75) is 45.0 Å². The van der Waals surface area contributed by atoms with Crippen LogP contribution in [0, 0.1) is 0 Å². The Morgan fingerprint density at radius 3 is 2.14 bits per heavy atom. The lowest BCUT2D eigenvalue weighted by Gasteiger charge is -2.32. The van der Waals surface area contributed by atoms with Crippen molar-refractivity contribution >= 4 is 47.9 Å². The van der Waals surface area contributed by atoms with Gasteiger partial charge in [0.05, 0.1) is 16.2 Å². The summed E-state index contributed by atoms with van der Waals surface area (Å²) in [7, 11) is -0.374. The summed E-state index contributed by atoms with van der Waals surface area (Å²) in [5.41, 5.74) is 4.27. The fraction of sp³-hybridized carbons (Fsp3) is 0.241. The average Bonchev–Trinajstić information content (AvgIpc) is 3.04. The Morgan fingerprint density at radius 2 is 1.49 bits per heavy atom. The third-order valence-corrected chi connectivity index (χ3v) is 7.43. The molecule has 2 aliphatic heterocycles. The van der Waals surface area contributed by atoms with E-state index in [9.17, 15) is 0 Å². The number of ether oxygens (including phenoxy) is 1. The van der Waals surface area contributed by atoms with Gasteiger partial charge >= 0.3 is 7.12 Å². The first kappa shape index (κ1) is 24.2. The quantitative estimate of drug-likeness (QED) is 0.344. The van der Waals surface area contributed by atoms with Crippen molar-refractivity contribution in [2.24, 2.45) is 0 Å². The second-order valence-electron chi connectivity index (χ2n) is 9.95. The minimum absolute atomic E-state index is 0.275. The number of hydrogen-bond acceptors (Lipinski definition) is 3. The molecule has 0 amide bonds. The number of hydrogen-bond donors (Lipinski definition) is 0. The van der Waals surface area contributed by atoms with Crippen molar-refractivity contribution in [2.75, 3.05) is 0 Å². The smallest absolute Gasteiger partial charge is 0.479 e. The maximum atomic E-state index is 6.45. The molecule has 5 rings (SSSR count). The fourth-order valence-corrected chi connectivity index (χ4v) is 4.77. The molecule has 0 aromatic heterocycles. The lowest BCUT2D eigenvalue weighted by molar-refractivity contribution is 0.00578. The summed E-state index contributed by atoms with van der Waals surface area (Å²) in [6, 6.07) is 21.9. The van der Waals surface area contributed by atoms with E-state index in [2.05, 4.69) is 82.3 Å². The molecule has 3 aromatic carbocycles. The Labute approximate surface area is 217 Å². The number of halogens is 2. The lowest BCUT2D eigenvalue weighted by atomic mass is 9.79. The molecular formula is C29H27BCl2O3. The summed E-state index contributed by atoms with van der Waals surface area (Å²) in [5.74, 6) is 0.647. The van der Waals surface area contributed by atoms with Crippen molar-refractivity contribution in [3.05, 3.63) is 105 Å². The monoisotopic (exact) mass is 504 g/mol. The lowest BCUT2D eigenvalue weighted by Crippen LogP contribution is -2.41. The van der Waals surface area contributed by atoms with Crippen LogP contribution in [0.25, 0.3) is 12.2 Å². The van der Waals surface area contributed by atoms with E-state index in [1.165, 1.54) is 0 Å². The summed E-state index contributed by atoms with van der Waals surface area (Å²) in [5, 5.41) is 1.08. The maximum absolute atomic E-state index is 6.45. The largest absolute Gasteiger partial charge is 0.494 e. The van der Waals surface area contributed by atoms with Gasteiger partial charge in [-0.1, -0.05) is 90.0 Å². The summed E-state index contributed by atoms with van der Waals surface area (Å²) in [4.78, 5) is 0. The molecule has 0 bridgehead atoms. The predicted molar refractivity (Wildman–Crippen MR) is 145 cm³/mol. The van der Waals surface area contributed by atoms with Gasteiger partial charge in [-0.05, 0) is 68.1 Å². The van der Waals surface area contributed by atoms with E-state index < -0.39 is 0 Å². The molecule has 1 atom stereocenters. The van der Waals surface area contributed by atoms with Crippen molar-refractivity contribution in [3.63, 3.8) is 0 Å². The summed E-state index contributed by atoms with van der Waals surface area (Å²) in [6.45, 7) is 8.24. The normalized spacial score (nSPS) is 20.5. The highest BCUT2D eigenvalue weighted by atomic mass is 35.5. The highest BCUT2D eigenvalue weighted by Gasteiger charge is 2.51. The Balaban J connectivity index is 1.42. The molecule has 2 heterocycles. The van der Waals surface area contributed by atoms with Crippen LogP contribution in [0.2, 0.25) is 10.0 Å². The number of fused-ring (bicyclic) bond motifs is 1. The van der Waals surface area contributed by atoms with Crippen LogP contribution < -0.4 is 10.2 Å². The molecule has 2 aliphatic rings. The highest BCUT2D eigenvalue weighted by Crippen LogP contribution is 2.43. The second-order valence-corrected chi connectivity index (χ2v) is 10.8. The molecule has 6 heteroatoms. The standard InChI is InChI=1S/C29H27BCl2O3/c1-28(2)29(3,4)35-30(34-28)23-14-11-19(12-15-23)10-13-21-16-22-17-24(31)18-25(32)27(22)33-26(21)20-8-6-5-7-9-20/h5-18,26H,1-4H3/b13-10+. The van der Waals surface area contributed by atoms with E-state index >= 15 is 0 Å². The highest BCUT2D eigenvalue weighted by molar-refractivity contribution is 6.62. The first-order chi connectivity index (χ1) is 16.6. The van der Waals surface area contributed by atoms with Gasteiger partial charge in [-0.3, -0.25) is 0 Å². The van der Waals surface area contributed by atoms with Gasteiger partial charge in [0.2, 0.25) is 0 Å². The summed E-state index contributed by atoms with van der Waals surface area (Å²) in [6.07, 6.45) is 5.97. The van der Waals surface area contributed by atoms with E-state index in [4.69, 9.17) is 37.2 Å². The Morgan fingerprint density at radius 1 is 0.829 bits per heavy atom. The molecule has 35 heavy (non-hydrogen) atoms. The van der Waals surface area contributed by atoms with E-state index in [1.54, 1.807) is 6.07 Å². The number of benzene rings is 3. The van der Waals surface area contributed by atoms with Crippen LogP contribution in [0.5, 0.6) is 5.75 Å². The third-order valence-electron chi connectivity index (χ3n) is 6.93. The topological polar surface area (TPSA) is 27.7 Å². The Hall–Kier alpha value is -2.50. The van der Waals surface area contributed by atoms with Gasteiger partial charge in [-0.25, -0.2) is 0 Å². The van der Waals surface area contributed by atoms with Crippen LogP contribution in [0.15, 0.2) is 78.4 Å². The molecule has 3 aromatic rings. The molecule has 0 spiro atoms. The zero-order valence-corrected chi connectivity index (χ0v) is 21.7. The summed E-state index contributed by atoms with van der Waals surface area (Å²) >= 11 is 12.7. The van der Waals surface area contributed by atoms with Gasteiger partial charge in [-0.2, -0.15) is 0 Å². The zero-order chi connectivity index (χ0) is 24.8. The van der Waals surface area contributed by atoms with Crippen molar-refractivity contribution in [1.29, 1.82) is 0 Å². The Bertz CT molecular complexity index is 1280. The van der Waals surface area contributed by atoms with Gasteiger partial charge in [0, 0.05) is 10.6 Å². The molecule has 0 aliphatic carbocycles. The Kier molecular flexibility index (Phi) is 6.35. The van der Waals surface area contributed by atoms with Crippen molar-refractivity contribution in [1.82, 2.24) is 0 Å². The molecular weight excluding hydrogens is 478 g/mol. The van der Waals surface area contributed by atoms with Crippen LogP contribution in [0.1, 0.15) is 50.5 Å². The van der Waals surface area contributed by atoms with Gasteiger partial charge in [0.1, 0.15) is 11.9 Å². The summed E-state index contributed by atoms with van der Waals surface area (Å²) < 4.78 is 18.7. The molecule has 3 nitrogen and oxygen atoms in total. The van der Waals surface area contributed by atoms with Crippen LogP contribution in [0.3, 0.4) is 0 Å². The molecule has 1 saturated heterocycles. The van der Waals surface area contributed by atoms with E-state index in [1.807, 2.05) is 24.3 Å². The molecule has 1 unspecified atom stereocenters. The van der Waals surface area contributed by atoms with E-state index in [0.717, 1.165) is 27.7 Å². The van der Waals surface area contributed by atoms with Crippen molar-refractivity contribution in [3.8, 4) is 5.75 Å². The molecule has 178 valence electrons.